The predicted octanol–water partition coefficient (Wildman–Crippen LogP) is 4.83. The van der Waals surface area contributed by atoms with Crippen LogP contribution in [0.3, 0.4) is 0 Å². The topological polar surface area (TPSA) is 53.0 Å². The Morgan fingerprint density at radius 1 is 0.967 bits per heavy atom. The second-order valence-corrected chi connectivity index (χ2v) is 7.45. The summed E-state index contributed by atoms with van der Waals surface area (Å²) in [6.07, 6.45) is 1.67. The first-order chi connectivity index (χ1) is 13.7. The van der Waals surface area contributed by atoms with Crippen LogP contribution in [0, 0.1) is 4.77 Å². The van der Waals surface area contributed by atoms with E-state index in [0.29, 0.717) is 0 Å². The molecule has 1 aliphatic heterocycles. The van der Waals surface area contributed by atoms with E-state index in [-0.39, 0.29) is 24.8 Å². The summed E-state index contributed by atoms with van der Waals surface area (Å²) >= 11 is 5.46. The maximum absolute atomic E-state index is 5.46. The second-order valence-electron chi connectivity index (χ2n) is 7.07. The van der Waals surface area contributed by atoms with E-state index in [1.807, 2.05) is 0 Å². The third-order valence-electron chi connectivity index (χ3n) is 5.53. The fourth-order valence-electron chi connectivity index (χ4n) is 4.08. The number of rotatable bonds is 3. The van der Waals surface area contributed by atoms with Gasteiger partial charge in [-0.25, -0.2) is 9.97 Å². The molecule has 5 rings (SSSR count). The Kier molecular flexibility index (Phi) is 6.85. The molecule has 2 aromatic heterocycles. The first-order valence-corrected chi connectivity index (χ1v) is 10.1. The number of benzene rings is 2. The van der Waals surface area contributed by atoms with Gasteiger partial charge in [0.15, 0.2) is 4.77 Å². The molecule has 1 saturated heterocycles. The van der Waals surface area contributed by atoms with Crippen molar-refractivity contribution >= 4 is 70.5 Å². The molecule has 4 aromatic rings. The molecule has 1 fully saturated rings. The summed E-state index contributed by atoms with van der Waals surface area (Å²) in [6.45, 7) is 6.77. The molecule has 30 heavy (non-hydrogen) atoms. The Morgan fingerprint density at radius 2 is 1.67 bits per heavy atom. The van der Waals surface area contributed by atoms with Crippen molar-refractivity contribution in [2.75, 3.05) is 36.0 Å². The smallest absolute Gasteiger partial charge is 0.178 e. The number of imidazole rings is 1. The van der Waals surface area contributed by atoms with Crippen LogP contribution < -0.4 is 9.80 Å². The molecule has 0 radical (unpaired) electrons. The zero-order valence-electron chi connectivity index (χ0n) is 16.6. The third kappa shape index (κ3) is 3.85. The van der Waals surface area contributed by atoms with Crippen LogP contribution in [0.15, 0.2) is 48.8 Å². The first kappa shape index (κ1) is 22.3. The highest BCUT2D eigenvalue weighted by Gasteiger charge is 2.20. The Balaban J connectivity index is 0.00000128. The van der Waals surface area contributed by atoms with Gasteiger partial charge in [0.2, 0.25) is 0 Å². The average Bonchev–Trinajstić information content (AvgIpc) is 3.06. The quantitative estimate of drug-likeness (QED) is 0.441. The largest absolute Gasteiger partial charge is 0.368 e. The van der Waals surface area contributed by atoms with E-state index in [1.165, 1.54) is 5.69 Å². The molecule has 1 N–H and O–H groups in total. The number of piperazine rings is 1. The zero-order valence-corrected chi connectivity index (χ0v) is 19.1. The number of aromatic nitrogens is 4. The van der Waals surface area contributed by atoms with Crippen molar-refractivity contribution in [2.24, 2.45) is 0 Å². The average molecular weight is 463 g/mol. The lowest BCUT2D eigenvalue weighted by Crippen LogP contribution is -2.46. The molecule has 0 aliphatic carbocycles. The minimum atomic E-state index is 0. The van der Waals surface area contributed by atoms with Gasteiger partial charge in [0.1, 0.15) is 12.1 Å². The summed E-state index contributed by atoms with van der Waals surface area (Å²) < 4.78 is 2.85. The number of para-hydroxylation sites is 1. The zero-order chi connectivity index (χ0) is 19.1. The maximum Gasteiger partial charge on any atom is 0.178 e. The van der Waals surface area contributed by atoms with E-state index in [2.05, 4.69) is 78.7 Å². The number of H-pyrrole nitrogens is 1. The lowest BCUT2D eigenvalue weighted by Gasteiger charge is -2.37. The fraction of sp³-hybridized carbons (Fsp3) is 0.286. The molecule has 158 valence electrons. The summed E-state index contributed by atoms with van der Waals surface area (Å²) in [6, 6.07) is 14.9. The minimum Gasteiger partial charge on any atom is -0.368 e. The fourth-order valence-corrected chi connectivity index (χ4v) is 4.41. The van der Waals surface area contributed by atoms with E-state index in [4.69, 9.17) is 12.2 Å². The first-order valence-electron chi connectivity index (χ1n) is 9.67. The highest BCUT2D eigenvalue weighted by Crippen LogP contribution is 2.29. The van der Waals surface area contributed by atoms with E-state index in [1.54, 1.807) is 6.33 Å². The van der Waals surface area contributed by atoms with Crippen LogP contribution in [-0.4, -0.2) is 45.7 Å². The van der Waals surface area contributed by atoms with E-state index < -0.39 is 0 Å². The normalized spacial score (nSPS) is 13.9. The SMILES string of the molecule is CCn1c(=S)[nH]c2cc3c(N4CCN(c5ccccc5)CC4)ncnc3cc21.Cl.Cl. The van der Waals surface area contributed by atoms with Crippen LogP contribution in [0.4, 0.5) is 11.5 Å². The molecule has 0 saturated carbocycles. The van der Waals surface area contributed by atoms with Gasteiger partial charge in [-0.1, -0.05) is 18.2 Å². The Morgan fingerprint density at radius 3 is 2.37 bits per heavy atom. The van der Waals surface area contributed by atoms with Crippen molar-refractivity contribution in [3.63, 3.8) is 0 Å². The van der Waals surface area contributed by atoms with Crippen molar-refractivity contribution in [1.29, 1.82) is 0 Å². The van der Waals surface area contributed by atoms with Gasteiger partial charge in [-0.15, -0.1) is 24.8 Å². The van der Waals surface area contributed by atoms with Gasteiger partial charge < -0.3 is 19.4 Å². The summed E-state index contributed by atoms with van der Waals surface area (Å²) in [5.41, 5.74) is 4.38. The summed E-state index contributed by atoms with van der Waals surface area (Å²) in [5.74, 6) is 1.00. The second kappa shape index (κ2) is 9.20. The molecule has 1 aliphatic rings. The van der Waals surface area contributed by atoms with Crippen molar-refractivity contribution in [2.45, 2.75) is 13.5 Å². The van der Waals surface area contributed by atoms with Crippen molar-refractivity contribution in [1.82, 2.24) is 19.5 Å². The highest BCUT2D eigenvalue weighted by atomic mass is 35.5. The van der Waals surface area contributed by atoms with E-state index >= 15 is 0 Å². The molecule has 0 atom stereocenters. The molecule has 0 bridgehead atoms. The van der Waals surface area contributed by atoms with Crippen molar-refractivity contribution < 1.29 is 0 Å². The Labute approximate surface area is 192 Å². The van der Waals surface area contributed by atoms with Crippen LogP contribution in [-0.2, 0) is 6.54 Å². The lowest BCUT2D eigenvalue weighted by molar-refractivity contribution is 0.649. The molecule has 9 heteroatoms. The summed E-state index contributed by atoms with van der Waals surface area (Å²) in [4.78, 5) is 17.3. The Hall–Kier alpha value is -2.35. The number of fused-ring (bicyclic) bond motifs is 2. The lowest BCUT2D eigenvalue weighted by atomic mass is 10.1. The molecule has 0 unspecified atom stereocenters. The monoisotopic (exact) mass is 462 g/mol. The highest BCUT2D eigenvalue weighted by molar-refractivity contribution is 7.71. The van der Waals surface area contributed by atoms with Gasteiger partial charge in [0, 0.05) is 43.8 Å². The number of aryl methyl sites for hydroxylation is 1. The summed E-state index contributed by atoms with van der Waals surface area (Å²) in [7, 11) is 0. The van der Waals surface area contributed by atoms with E-state index in [9.17, 15) is 0 Å². The number of hydrogen-bond donors (Lipinski definition) is 1. The van der Waals surface area contributed by atoms with Gasteiger partial charge in [-0.2, -0.15) is 0 Å². The standard InChI is InChI=1S/C21H22N6S.2ClH/c1-2-27-19-13-17-16(12-18(19)24-21(27)28)20(23-14-22-17)26-10-8-25(9-11-26)15-6-4-3-5-7-15;;/h3-7,12-14H,2,8-11H2,1H3,(H,24,28);2*1H. The number of nitrogens with zero attached hydrogens (tertiary/aromatic N) is 5. The van der Waals surface area contributed by atoms with Crippen LogP contribution in [0.1, 0.15) is 6.92 Å². The van der Waals surface area contributed by atoms with Gasteiger partial charge in [-0.3, -0.25) is 0 Å². The van der Waals surface area contributed by atoms with Crippen molar-refractivity contribution in [3.05, 3.63) is 53.6 Å². The van der Waals surface area contributed by atoms with E-state index in [0.717, 1.165) is 65.2 Å². The number of anilines is 2. The number of hydrogen-bond acceptors (Lipinski definition) is 5. The Bertz CT molecular complexity index is 1200. The molecule has 3 heterocycles. The molecular formula is C21H24Cl2N6S. The van der Waals surface area contributed by atoms with Gasteiger partial charge in [0.05, 0.1) is 16.6 Å². The van der Waals surface area contributed by atoms with Crippen LogP contribution in [0.5, 0.6) is 0 Å². The maximum atomic E-state index is 5.46. The third-order valence-corrected chi connectivity index (χ3v) is 5.85. The molecule has 0 amide bonds. The summed E-state index contributed by atoms with van der Waals surface area (Å²) in [5, 5.41) is 1.07. The van der Waals surface area contributed by atoms with Crippen LogP contribution >= 0.6 is 37.0 Å². The molecule has 0 spiro atoms. The molecule has 2 aromatic carbocycles. The van der Waals surface area contributed by atoms with Gasteiger partial charge in [0.25, 0.3) is 0 Å². The number of aromatic amines is 1. The van der Waals surface area contributed by atoms with Crippen molar-refractivity contribution in [3.8, 4) is 0 Å². The van der Waals surface area contributed by atoms with Gasteiger partial charge in [-0.05, 0) is 43.4 Å². The van der Waals surface area contributed by atoms with Crippen LogP contribution in [0.25, 0.3) is 21.9 Å². The number of nitrogens with one attached hydrogen (secondary N) is 1. The molecular weight excluding hydrogens is 439 g/mol. The predicted molar refractivity (Wildman–Crippen MR) is 131 cm³/mol. The molecule has 6 nitrogen and oxygen atoms in total. The number of halogens is 2. The van der Waals surface area contributed by atoms with Crippen LogP contribution in [0.2, 0.25) is 0 Å². The van der Waals surface area contributed by atoms with Gasteiger partial charge >= 0.3 is 0 Å². The minimum absolute atomic E-state index is 0.